The number of hydrogen-bond donors (Lipinski definition) is 0. The summed E-state index contributed by atoms with van der Waals surface area (Å²) in [5.74, 6) is -8.77. The lowest BCUT2D eigenvalue weighted by Crippen LogP contribution is -2.29. The molecule has 0 unspecified atom stereocenters. The molecule has 0 aliphatic rings. The number of hydrogen-bond acceptors (Lipinski definition) is 0. The van der Waals surface area contributed by atoms with Gasteiger partial charge in [0.1, 0.15) is 5.03 Å². The zero-order valence-electron chi connectivity index (χ0n) is 5.98. The first-order valence-corrected chi connectivity index (χ1v) is 3.18. The van der Waals surface area contributed by atoms with Crippen molar-refractivity contribution in [2.45, 2.75) is 18.5 Å². The Balaban J connectivity index is 5.21. The fraction of sp³-hybridized carbons (Fsp3) is 0.600. The van der Waals surface area contributed by atoms with E-state index in [4.69, 9.17) is 0 Å². The van der Waals surface area contributed by atoms with E-state index in [1.54, 1.807) is 0 Å². The molecule has 0 rings (SSSR count). The van der Waals surface area contributed by atoms with Crippen molar-refractivity contribution in [3.05, 3.63) is 10.9 Å². The average Bonchev–Trinajstić information content (AvgIpc) is 1.99. The summed E-state index contributed by atoms with van der Waals surface area (Å²) in [7, 11) is 0. The van der Waals surface area contributed by atoms with Gasteiger partial charge < -0.3 is 0 Å². The van der Waals surface area contributed by atoms with E-state index in [9.17, 15) is 35.1 Å². The van der Waals surface area contributed by atoms with Crippen molar-refractivity contribution in [3.8, 4) is 0 Å². The van der Waals surface area contributed by atoms with Crippen LogP contribution in [0.3, 0.4) is 0 Å². The molecule has 0 radical (unpaired) electrons. The molecular weight excluding hydrogens is 247 g/mol. The first-order valence-electron chi connectivity index (χ1n) is 2.80. The van der Waals surface area contributed by atoms with Crippen LogP contribution in [0.25, 0.3) is 0 Å². The molecule has 9 heteroatoms. The zero-order chi connectivity index (χ0) is 11.7. The lowest BCUT2D eigenvalue weighted by molar-refractivity contribution is -0.123. The summed E-state index contributed by atoms with van der Waals surface area (Å²) in [6.07, 6.45) is -10.3. The van der Waals surface area contributed by atoms with E-state index in [1.165, 1.54) is 0 Å². The Hall–Kier alpha value is -0.530. The minimum Gasteiger partial charge on any atom is -0.203 e. The Morgan fingerprint density at radius 1 is 1.00 bits per heavy atom. The molecule has 0 aliphatic carbocycles. The van der Waals surface area contributed by atoms with Gasteiger partial charge >= 0.3 is 18.5 Å². The second-order valence-electron chi connectivity index (χ2n) is 2.05. The van der Waals surface area contributed by atoms with Gasteiger partial charge in [-0.2, -0.15) is 22.0 Å². The smallest absolute Gasteiger partial charge is 0.203 e. The highest BCUT2D eigenvalue weighted by Gasteiger charge is 2.51. The van der Waals surface area contributed by atoms with E-state index in [-0.39, 0.29) is 0 Å². The third kappa shape index (κ3) is 2.73. The fourth-order valence-corrected chi connectivity index (χ4v) is 0.556. The van der Waals surface area contributed by atoms with E-state index < -0.39 is 29.4 Å². The summed E-state index contributed by atoms with van der Waals surface area (Å²) in [6.45, 7) is 0. The van der Waals surface area contributed by atoms with Crippen LogP contribution in [0.1, 0.15) is 0 Å². The second kappa shape index (κ2) is 3.92. The fourth-order valence-electron chi connectivity index (χ4n) is 0.367. The second-order valence-corrected chi connectivity index (χ2v) is 2.43. The van der Waals surface area contributed by atoms with Gasteiger partial charge in [0.25, 0.3) is 0 Å². The van der Waals surface area contributed by atoms with Gasteiger partial charge in [0.15, 0.2) is 0 Å². The summed E-state index contributed by atoms with van der Waals surface area (Å²) in [4.78, 5) is 0. The van der Waals surface area contributed by atoms with Crippen LogP contribution < -0.4 is 0 Å². The maximum atomic E-state index is 12.0. The molecular formula is C5HClF8. The zero-order valence-corrected chi connectivity index (χ0v) is 6.73. The molecule has 0 spiro atoms. The van der Waals surface area contributed by atoms with Crippen molar-refractivity contribution >= 4 is 11.6 Å². The largest absolute Gasteiger partial charge is 0.444 e. The van der Waals surface area contributed by atoms with Gasteiger partial charge in [-0.25, -0.2) is 13.2 Å². The van der Waals surface area contributed by atoms with E-state index in [2.05, 4.69) is 11.6 Å². The van der Waals surface area contributed by atoms with Gasteiger partial charge in [0.05, 0.1) is 0 Å². The summed E-state index contributed by atoms with van der Waals surface area (Å²) >= 11 is 4.16. The van der Waals surface area contributed by atoms with Crippen molar-refractivity contribution in [1.82, 2.24) is 0 Å². The van der Waals surface area contributed by atoms with Crippen LogP contribution in [0, 0.1) is 0 Å². The standard InChI is InChI=1S/C5HClF8/c6-1(2(7)5(12,13)14)4(10,11)3(8)9/h3H/b2-1+. The third-order valence-corrected chi connectivity index (χ3v) is 1.43. The number of rotatable bonds is 2. The Morgan fingerprint density at radius 3 is 1.57 bits per heavy atom. The highest BCUT2D eigenvalue weighted by molar-refractivity contribution is 6.30. The average molecular weight is 248 g/mol. The van der Waals surface area contributed by atoms with Crippen LogP contribution in [0.4, 0.5) is 35.1 Å². The van der Waals surface area contributed by atoms with Crippen molar-refractivity contribution in [1.29, 1.82) is 0 Å². The molecule has 0 saturated heterocycles. The predicted molar refractivity (Wildman–Crippen MR) is 31.0 cm³/mol. The number of halogens is 9. The molecule has 84 valence electrons. The monoisotopic (exact) mass is 248 g/mol. The van der Waals surface area contributed by atoms with Crippen LogP contribution in [-0.2, 0) is 0 Å². The SMILES string of the molecule is F/C(=C(/Cl)C(F)(F)C(F)F)C(F)(F)F. The maximum absolute atomic E-state index is 12.0. The molecule has 0 aromatic carbocycles. The summed E-state index contributed by atoms with van der Waals surface area (Å²) in [5.41, 5.74) is 0. The molecule has 0 bridgehead atoms. The highest BCUT2D eigenvalue weighted by Crippen LogP contribution is 2.41. The first kappa shape index (κ1) is 13.5. The van der Waals surface area contributed by atoms with Gasteiger partial charge in [-0.1, -0.05) is 11.6 Å². The number of allylic oxidation sites excluding steroid dienone is 2. The van der Waals surface area contributed by atoms with Gasteiger partial charge in [-0.3, -0.25) is 0 Å². The van der Waals surface area contributed by atoms with Gasteiger partial charge in [-0.15, -0.1) is 0 Å². The number of alkyl halides is 7. The quantitative estimate of drug-likeness (QED) is 0.651. The molecule has 0 fully saturated rings. The van der Waals surface area contributed by atoms with Crippen molar-refractivity contribution < 1.29 is 35.1 Å². The molecule has 0 aliphatic heterocycles. The minimum absolute atomic E-state index is 2.85. The molecule has 0 aromatic heterocycles. The predicted octanol–water partition coefficient (Wildman–Crippen LogP) is 3.87. The van der Waals surface area contributed by atoms with Gasteiger partial charge in [0.2, 0.25) is 5.83 Å². The summed E-state index contributed by atoms with van der Waals surface area (Å²) in [6, 6.07) is 0. The Bertz CT molecular complexity index is 239. The molecule has 0 nitrogen and oxygen atoms in total. The highest BCUT2D eigenvalue weighted by atomic mass is 35.5. The van der Waals surface area contributed by atoms with E-state index >= 15 is 0 Å². The minimum atomic E-state index is -5.81. The van der Waals surface area contributed by atoms with Crippen molar-refractivity contribution in [3.63, 3.8) is 0 Å². The van der Waals surface area contributed by atoms with Crippen LogP contribution in [-0.4, -0.2) is 18.5 Å². The molecule has 0 amide bonds. The Labute approximate surface area is 77.1 Å². The Morgan fingerprint density at radius 2 is 1.36 bits per heavy atom. The molecule has 14 heavy (non-hydrogen) atoms. The summed E-state index contributed by atoms with van der Waals surface area (Å²) in [5, 5.41) is -2.85. The lowest BCUT2D eigenvalue weighted by atomic mass is 10.3. The van der Waals surface area contributed by atoms with Crippen LogP contribution in [0.15, 0.2) is 10.9 Å². The molecule has 0 saturated carbocycles. The van der Waals surface area contributed by atoms with Crippen molar-refractivity contribution in [2.75, 3.05) is 0 Å². The summed E-state index contributed by atoms with van der Waals surface area (Å²) < 4.78 is 93.1. The molecule has 0 heterocycles. The van der Waals surface area contributed by atoms with Crippen LogP contribution in [0.2, 0.25) is 0 Å². The topological polar surface area (TPSA) is 0 Å². The van der Waals surface area contributed by atoms with Crippen molar-refractivity contribution in [2.24, 2.45) is 0 Å². The van der Waals surface area contributed by atoms with E-state index in [0.29, 0.717) is 0 Å². The van der Waals surface area contributed by atoms with Crippen LogP contribution >= 0.6 is 11.6 Å². The van der Waals surface area contributed by atoms with E-state index in [1.807, 2.05) is 0 Å². The lowest BCUT2D eigenvalue weighted by Gasteiger charge is -2.15. The van der Waals surface area contributed by atoms with Gasteiger partial charge in [-0.05, 0) is 0 Å². The maximum Gasteiger partial charge on any atom is 0.444 e. The Kier molecular flexibility index (Phi) is 3.77. The third-order valence-electron chi connectivity index (χ3n) is 1.01. The van der Waals surface area contributed by atoms with E-state index in [0.717, 1.165) is 0 Å². The first-order chi connectivity index (χ1) is 6.01. The molecule has 0 atom stereocenters. The van der Waals surface area contributed by atoms with Crippen LogP contribution in [0.5, 0.6) is 0 Å². The van der Waals surface area contributed by atoms with Gasteiger partial charge in [0, 0.05) is 0 Å². The molecule has 0 aromatic rings. The molecule has 0 N–H and O–H groups in total. The normalized spacial score (nSPS) is 15.9.